The second-order valence-corrected chi connectivity index (χ2v) is 17.2. The topological polar surface area (TPSA) is 52.6 Å². The van der Waals surface area contributed by atoms with Crippen molar-refractivity contribution in [2.75, 3.05) is 5.88 Å². The highest BCUT2D eigenvalue weighted by atomic mass is 35.5. The summed E-state index contributed by atoms with van der Waals surface area (Å²) in [6.07, 6.45) is 0.518. The van der Waals surface area contributed by atoms with Crippen LogP contribution in [0.1, 0.15) is 43.9 Å². The standard InChI is InChI=1S/C29H32ClF3O4SSi/c1-28(2,3)39(4,5)37-25-17-13-23(14-18-25)27(26(19-20-30)21-9-7-6-8-10-21)22-11-15-24(16-12-22)36-38(34,35)29(31,32)33/h6-18H,19-20H2,1-5H3/b27-26+. The average Bonchev–Trinajstić information content (AvgIpc) is 2.84. The first kappa shape index (κ1) is 30.8. The zero-order valence-electron chi connectivity index (χ0n) is 22.5. The first-order chi connectivity index (χ1) is 18.1. The molecule has 3 aromatic rings. The SMILES string of the molecule is CC(C)(C)[Si](C)(C)Oc1ccc(/C(=C(\CCCl)c2ccccc2)c2ccc(OS(=O)(=O)C(F)(F)F)cc2)cc1. The van der Waals surface area contributed by atoms with Crippen LogP contribution in [-0.4, -0.2) is 28.1 Å². The van der Waals surface area contributed by atoms with E-state index in [-0.39, 0.29) is 5.04 Å². The first-order valence-corrected chi connectivity index (χ1v) is 17.2. The fourth-order valence-corrected chi connectivity index (χ4v) is 5.33. The molecule has 39 heavy (non-hydrogen) atoms. The lowest BCUT2D eigenvalue weighted by Crippen LogP contribution is -2.43. The quantitative estimate of drug-likeness (QED) is 0.0813. The van der Waals surface area contributed by atoms with Crippen molar-refractivity contribution >= 4 is 41.2 Å². The lowest BCUT2D eigenvalue weighted by molar-refractivity contribution is -0.0500. The fraction of sp³-hybridized carbons (Fsp3) is 0.310. The van der Waals surface area contributed by atoms with Crippen molar-refractivity contribution in [3.63, 3.8) is 0 Å². The molecule has 0 fully saturated rings. The minimum atomic E-state index is -5.77. The molecule has 0 amide bonds. The minimum absolute atomic E-state index is 0.0287. The van der Waals surface area contributed by atoms with Crippen LogP contribution in [0.25, 0.3) is 11.1 Å². The maximum Gasteiger partial charge on any atom is 0.534 e. The van der Waals surface area contributed by atoms with Crippen LogP contribution in [0.5, 0.6) is 11.5 Å². The van der Waals surface area contributed by atoms with Crippen LogP contribution in [0.15, 0.2) is 78.9 Å². The smallest absolute Gasteiger partial charge is 0.534 e. The van der Waals surface area contributed by atoms with Gasteiger partial charge in [-0.05, 0) is 76.7 Å². The largest absolute Gasteiger partial charge is 0.544 e. The van der Waals surface area contributed by atoms with E-state index < -0.39 is 29.7 Å². The molecule has 0 radical (unpaired) electrons. The first-order valence-electron chi connectivity index (χ1n) is 12.3. The number of hydrogen-bond donors (Lipinski definition) is 0. The van der Waals surface area contributed by atoms with Crippen molar-refractivity contribution in [1.29, 1.82) is 0 Å². The second kappa shape index (κ2) is 11.8. The highest BCUT2D eigenvalue weighted by Crippen LogP contribution is 2.39. The van der Waals surface area contributed by atoms with Gasteiger partial charge in [-0.3, -0.25) is 0 Å². The van der Waals surface area contributed by atoms with Crippen LogP contribution < -0.4 is 8.61 Å². The molecule has 0 heterocycles. The Bertz CT molecular complexity index is 1400. The summed E-state index contributed by atoms with van der Waals surface area (Å²) in [5.74, 6) is 0.655. The number of rotatable bonds is 9. The van der Waals surface area contributed by atoms with Gasteiger partial charge in [-0.15, -0.1) is 11.6 Å². The number of halogens is 4. The van der Waals surface area contributed by atoms with Gasteiger partial charge in [-0.25, -0.2) is 0 Å². The second-order valence-electron chi connectivity index (χ2n) is 10.6. The van der Waals surface area contributed by atoms with Gasteiger partial charge in [-0.1, -0.05) is 75.4 Å². The Morgan fingerprint density at radius 1 is 0.795 bits per heavy atom. The number of allylic oxidation sites excluding steroid dienone is 1. The highest BCUT2D eigenvalue weighted by Gasteiger charge is 2.48. The number of hydrogen-bond acceptors (Lipinski definition) is 4. The maximum absolute atomic E-state index is 12.8. The van der Waals surface area contributed by atoms with E-state index in [1.165, 1.54) is 24.3 Å². The summed E-state index contributed by atoms with van der Waals surface area (Å²) in [5, 5.41) is 0.0287. The zero-order valence-corrected chi connectivity index (χ0v) is 25.0. The molecular weight excluding hydrogens is 565 g/mol. The molecule has 10 heteroatoms. The van der Waals surface area contributed by atoms with E-state index in [1.807, 2.05) is 54.6 Å². The molecule has 0 aliphatic rings. The highest BCUT2D eigenvalue weighted by molar-refractivity contribution is 7.88. The molecule has 0 aliphatic heterocycles. The molecule has 0 spiro atoms. The molecule has 0 bridgehead atoms. The van der Waals surface area contributed by atoms with Crippen LogP contribution in [0.2, 0.25) is 18.1 Å². The monoisotopic (exact) mass is 596 g/mol. The van der Waals surface area contributed by atoms with Gasteiger partial charge in [0.2, 0.25) is 8.32 Å². The van der Waals surface area contributed by atoms with E-state index >= 15 is 0 Å². The van der Waals surface area contributed by atoms with E-state index in [9.17, 15) is 21.6 Å². The minimum Gasteiger partial charge on any atom is -0.544 e. The third-order valence-electron chi connectivity index (χ3n) is 6.72. The molecule has 3 rings (SSSR count). The van der Waals surface area contributed by atoms with Crippen LogP contribution in [-0.2, 0) is 10.1 Å². The fourth-order valence-electron chi connectivity index (χ4n) is 3.65. The number of benzene rings is 3. The summed E-state index contributed by atoms with van der Waals surface area (Å²) in [6.45, 7) is 10.8. The van der Waals surface area contributed by atoms with Gasteiger partial charge >= 0.3 is 15.6 Å². The van der Waals surface area contributed by atoms with Gasteiger partial charge in [0.25, 0.3) is 0 Å². The van der Waals surface area contributed by atoms with Gasteiger partial charge < -0.3 is 8.61 Å². The van der Waals surface area contributed by atoms with Crippen molar-refractivity contribution in [3.8, 4) is 11.5 Å². The molecule has 0 atom stereocenters. The van der Waals surface area contributed by atoms with Gasteiger partial charge in [0, 0.05) is 5.88 Å². The van der Waals surface area contributed by atoms with E-state index in [2.05, 4.69) is 38.0 Å². The van der Waals surface area contributed by atoms with Crippen LogP contribution in [0.3, 0.4) is 0 Å². The van der Waals surface area contributed by atoms with E-state index in [0.29, 0.717) is 17.9 Å². The molecule has 0 N–H and O–H groups in total. The molecule has 0 aromatic heterocycles. The Morgan fingerprint density at radius 2 is 1.28 bits per heavy atom. The van der Waals surface area contributed by atoms with Crippen LogP contribution in [0, 0.1) is 0 Å². The molecule has 0 aliphatic carbocycles. The molecule has 3 aromatic carbocycles. The molecule has 210 valence electrons. The van der Waals surface area contributed by atoms with E-state index in [1.54, 1.807) is 0 Å². The van der Waals surface area contributed by atoms with Gasteiger partial charge in [0.05, 0.1) is 0 Å². The lowest BCUT2D eigenvalue weighted by atomic mass is 9.88. The zero-order chi connectivity index (χ0) is 29.1. The van der Waals surface area contributed by atoms with Crippen LogP contribution >= 0.6 is 11.6 Å². The van der Waals surface area contributed by atoms with Crippen molar-refractivity contribution in [2.45, 2.75) is 50.8 Å². The van der Waals surface area contributed by atoms with Crippen molar-refractivity contribution in [3.05, 3.63) is 95.6 Å². The van der Waals surface area contributed by atoms with Crippen molar-refractivity contribution < 1.29 is 30.2 Å². The summed E-state index contributed by atoms with van der Waals surface area (Å²) in [6, 6.07) is 22.8. The molecule has 0 saturated heterocycles. The molecule has 0 saturated carbocycles. The third kappa shape index (κ3) is 7.46. The van der Waals surface area contributed by atoms with Crippen molar-refractivity contribution in [1.82, 2.24) is 0 Å². The average molecular weight is 597 g/mol. The normalized spacial score (nSPS) is 13.6. The predicted molar refractivity (Wildman–Crippen MR) is 154 cm³/mol. The van der Waals surface area contributed by atoms with Crippen molar-refractivity contribution in [2.24, 2.45) is 0 Å². The molecule has 0 unspecified atom stereocenters. The predicted octanol–water partition coefficient (Wildman–Crippen LogP) is 8.89. The Morgan fingerprint density at radius 3 is 1.72 bits per heavy atom. The van der Waals surface area contributed by atoms with E-state index in [4.69, 9.17) is 16.0 Å². The van der Waals surface area contributed by atoms with E-state index in [0.717, 1.165) is 28.0 Å². The summed E-state index contributed by atoms with van der Waals surface area (Å²) in [4.78, 5) is 0. The summed E-state index contributed by atoms with van der Waals surface area (Å²) in [5.41, 5.74) is -1.33. The van der Waals surface area contributed by atoms with Gasteiger partial charge in [0.1, 0.15) is 11.5 Å². The Hall–Kier alpha value is -2.75. The summed E-state index contributed by atoms with van der Waals surface area (Å²) >= 11 is 6.20. The Balaban J connectivity index is 2.11. The summed E-state index contributed by atoms with van der Waals surface area (Å²) < 4.78 is 72.0. The Labute approximate surface area is 234 Å². The maximum atomic E-state index is 12.8. The molecule has 4 nitrogen and oxygen atoms in total. The van der Waals surface area contributed by atoms with Crippen LogP contribution in [0.4, 0.5) is 13.2 Å². The third-order valence-corrected chi connectivity index (χ3v) is 12.2. The lowest BCUT2D eigenvalue weighted by Gasteiger charge is -2.36. The molecular formula is C29H32ClF3O4SSi. The summed E-state index contributed by atoms with van der Waals surface area (Å²) in [7, 11) is -7.83. The Kier molecular flexibility index (Phi) is 9.30. The number of alkyl halides is 4. The van der Waals surface area contributed by atoms with Gasteiger partial charge in [-0.2, -0.15) is 21.6 Å². The van der Waals surface area contributed by atoms with Gasteiger partial charge in [0.15, 0.2) is 0 Å².